The minimum absolute atomic E-state index is 0.00666. The Bertz CT molecular complexity index is 1090. The molecular weight excluding hydrogens is 403 g/mol. The lowest BCUT2D eigenvalue weighted by molar-refractivity contribution is 0.0747. The molecule has 2 fully saturated rings. The number of pyridine rings is 1. The van der Waals surface area contributed by atoms with E-state index in [-0.39, 0.29) is 11.7 Å². The van der Waals surface area contributed by atoms with E-state index in [9.17, 15) is 9.18 Å². The fourth-order valence-electron chi connectivity index (χ4n) is 4.58. The average molecular weight is 431 g/mol. The van der Waals surface area contributed by atoms with Gasteiger partial charge in [0, 0.05) is 44.8 Å². The average Bonchev–Trinajstić information content (AvgIpc) is 3.39. The van der Waals surface area contributed by atoms with Crippen molar-refractivity contribution >= 4 is 17.4 Å². The molecule has 0 atom stereocenters. The van der Waals surface area contributed by atoms with Crippen molar-refractivity contribution in [1.29, 1.82) is 0 Å². The summed E-state index contributed by atoms with van der Waals surface area (Å²) in [6.07, 6.45) is 2.23. The molecule has 0 saturated carbocycles. The Labute approximate surface area is 188 Å². The number of halogens is 1. The fraction of sp³-hybridized carbons (Fsp3) is 0.308. The van der Waals surface area contributed by atoms with Crippen LogP contribution in [0, 0.1) is 5.82 Å². The molecule has 0 radical (unpaired) electrons. The Morgan fingerprint density at radius 2 is 1.44 bits per heavy atom. The number of anilines is 2. The Hall–Kier alpha value is -3.41. The molecule has 0 N–H and O–H groups in total. The highest BCUT2D eigenvalue weighted by molar-refractivity contribution is 5.99. The molecular formula is C26H27FN4O. The number of aromatic nitrogens is 1. The number of benzene rings is 2. The number of carbonyl (C=O) groups is 1. The van der Waals surface area contributed by atoms with Crippen molar-refractivity contribution in [2.75, 3.05) is 49.1 Å². The van der Waals surface area contributed by atoms with Gasteiger partial charge in [-0.25, -0.2) is 9.37 Å². The highest BCUT2D eigenvalue weighted by Gasteiger charge is 2.28. The number of hydrogen-bond donors (Lipinski definition) is 0. The highest BCUT2D eigenvalue weighted by Crippen LogP contribution is 2.29. The molecule has 3 aromatic rings. The van der Waals surface area contributed by atoms with E-state index in [1.54, 1.807) is 12.1 Å². The monoisotopic (exact) mass is 430 g/mol. The van der Waals surface area contributed by atoms with Crippen molar-refractivity contribution in [3.05, 3.63) is 78.1 Å². The van der Waals surface area contributed by atoms with Gasteiger partial charge in [-0.15, -0.1) is 0 Å². The van der Waals surface area contributed by atoms with E-state index in [1.165, 1.54) is 6.07 Å². The fourth-order valence-corrected chi connectivity index (χ4v) is 4.58. The molecule has 1 aromatic heterocycles. The molecule has 0 unspecified atom stereocenters. The predicted octanol–water partition coefficient (Wildman–Crippen LogP) is 4.45. The molecule has 6 heteroatoms. The number of nitrogens with zero attached hydrogens (tertiary/aromatic N) is 4. The van der Waals surface area contributed by atoms with E-state index < -0.39 is 0 Å². The first-order valence-electron chi connectivity index (χ1n) is 11.3. The minimum atomic E-state index is -0.218. The molecule has 32 heavy (non-hydrogen) atoms. The molecule has 0 aliphatic carbocycles. The predicted molar refractivity (Wildman–Crippen MR) is 126 cm³/mol. The van der Waals surface area contributed by atoms with E-state index >= 15 is 0 Å². The molecule has 164 valence electrons. The van der Waals surface area contributed by atoms with Crippen LogP contribution in [0.3, 0.4) is 0 Å². The standard InChI is InChI=1S/C26H27FN4O/c27-22-10-4-5-11-24(22)29-16-18-31(19-17-29)26(32)21-12-13-23(20-8-2-1-3-9-20)28-25(21)30-14-6-7-15-30/h1-5,8-13H,6-7,14-19H2. The van der Waals surface area contributed by atoms with Gasteiger partial charge < -0.3 is 14.7 Å². The first-order chi connectivity index (χ1) is 15.7. The summed E-state index contributed by atoms with van der Waals surface area (Å²) in [4.78, 5) is 24.5. The summed E-state index contributed by atoms with van der Waals surface area (Å²) in [5.41, 5.74) is 3.19. The number of rotatable bonds is 4. The summed E-state index contributed by atoms with van der Waals surface area (Å²) < 4.78 is 14.2. The van der Waals surface area contributed by atoms with Crippen LogP contribution in [0.15, 0.2) is 66.7 Å². The summed E-state index contributed by atoms with van der Waals surface area (Å²) >= 11 is 0. The van der Waals surface area contributed by atoms with Crippen LogP contribution in [0.25, 0.3) is 11.3 Å². The molecule has 2 saturated heterocycles. The maximum absolute atomic E-state index is 14.2. The number of carbonyl (C=O) groups excluding carboxylic acids is 1. The van der Waals surface area contributed by atoms with Crippen molar-refractivity contribution in [1.82, 2.24) is 9.88 Å². The highest BCUT2D eigenvalue weighted by atomic mass is 19.1. The third-order valence-corrected chi connectivity index (χ3v) is 6.34. The van der Waals surface area contributed by atoms with Crippen LogP contribution in [0.1, 0.15) is 23.2 Å². The zero-order valence-corrected chi connectivity index (χ0v) is 18.1. The molecule has 0 bridgehead atoms. The molecule has 2 aromatic carbocycles. The summed E-state index contributed by atoms with van der Waals surface area (Å²) in [7, 11) is 0. The first kappa shape index (κ1) is 20.5. The minimum Gasteiger partial charge on any atom is -0.366 e. The van der Waals surface area contributed by atoms with Gasteiger partial charge >= 0.3 is 0 Å². The lowest BCUT2D eigenvalue weighted by Gasteiger charge is -2.36. The normalized spacial score (nSPS) is 16.5. The number of amides is 1. The third-order valence-electron chi connectivity index (χ3n) is 6.34. The summed E-state index contributed by atoms with van der Waals surface area (Å²) in [5, 5.41) is 0. The lowest BCUT2D eigenvalue weighted by Crippen LogP contribution is -2.49. The summed E-state index contributed by atoms with van der Waals surface area (Å²) in [5.74, 6) is 0.571. The number of piperazine rings is 1. The van der Waals surface area contributed by atoms with Gasteiger partial charge in [0.1, 0.15) is 11.6 Å². The molecule has 1 amide bonds. The van der Waals surface area contributed by atoms with Gasteiger partial charge in [0.25, 0.3) is 5.91 Å². The van der Waals surface area contributed by atoms with Crippen molar-refractivity contribution < 1.29 is 9.18 Å². The van der Waals surface area contributed by atoms with Gasteiger partial charge in [0.15, 0.2) is 0 Å². The van der Waals surface area contributed by atoms with E-state index in [0.717, 1.165) is 43.0 Å². The van der Waals surface area contributed by atoms with Crippen molar-refractivity contribution in [3.8, 4) is 11.3 Å². The van der Waals surface area contributed by atoms with Crippen LogP contribution in [0.5, 0.6) is 0 Å². The summed E-state index contributed by atoms with van der Waals surface area (Å²) in [6.45, 7) is 4.20. The molecule has 2 aliphatic rings. The second-order valence-corrected chi connectivity index (χ2v) is 8.36. The van der Waals surface area contributed by atoms with Gasteiger partial charge in [-0.2, -0.15) is 0 Å². The van der Waals surface area contributed by atoms with Crippen LogP contribution in [-0.4, -0.2) is 55.1 Å². The van der Waals surface area contributed by atoms with E-state index in [1.807, 2.05) is 58.3 Å². The van der Waals surface area contributed by atoms with Crippen molar-refractivity contribution in [3.63, 3.8) is 0 Å². The topological polar surface area (TPSA) is 39.7 Å². The van der Waals surface area contributed by atoms with Crippen LogP contribution in [0.2, 0.25) is 0 Å². The van der Waals surface area contributed by atoms with Gasteiger partial charge in [0.05, 0.1) is 16.9 Å². The van der Waals surface area contributed by atoms with E-state index in [4.69, 9.17) is 4.98 Å². The smallest absolute Gasteiger partial charge is 0.257 e. The van der Waals surface area contributed by atoms with E-state index in [2.05, 4.69) is 4.90 Å². The quantitative estimate of drug-likeness (QED) is 0.613. The molecule has 0 spiro atoms. The molecule has 5 nitrogen and oxygen atoms in total. The Morgan fingerprint density at radius 1 is 0.750 bits per heavy atom. The molecule has 2 aliphatic heterocycles. The van der Waals surface area contributed by atoms with Gasteiger partial charge in [-0.1, -0.05) is 42.5 Å². The summed E-state index contributed by atoms with van der Waals surface area (Å²) in [6, 6.07) is 20.8. The Morgan fingerprint density at radius 3 is 2.16 bits per heavy atom. The zero-order valence-electron chi connectivity index (χ0n) is 18.1. The maximum Gasteiger partial charge on any atom is 0.257 e. The SMILES string of the molecule is O=C(c1ccc(-c2ccccc2)nc1N1CCCC1)N1CCN(c2ccccc2F)CC1. The zero-order chi connectivity index (χ0) is 21.9. The van der Waals surface area contributed by atoms with Crippen LogP contribution < -0.4 is 9.80 Å². The van der Waals surface area contributed by atoms with Gasteiger partial charge in [0.2, 0.25) is 0 Å². The van der Waals surface area contributed by atoms with Crippen molar-refractivity contribution in [2.24, 2.45) is 0 Å². The van der Waals surface area contributed by atoms with Crippen LogP contribution in [-0.2, 0) is 0 Å². The Balaban J connectivity index is 1.38. The second-order valence-electron chi connectivity index (χ2n) is 8.36. The van der Waals surface area contributed by atoms with Crippen molar-refractivity contribution in [2.45, 2.75) is 12.8 Å². The number of hydrogen-bond acceptors (Lipinski definition) is 4. The van der Waals surface area contributed by atoms with Crippen LogP contribution >= 0.6 is 0 Å². The largest absolute Gasteiger partial charge is 0.366 e. The number of para-hydroxylation sites is 1. The second kappa shape index (κ2) is 8.99. The maximum atomic E-state index is 14.2. The van der Waals surface area contributed by atoms with E-state index in [0.29, 0.717) is 37.4 Å². The van der Waals surface area contributed by atoms with Gasteiger partial charge in [-0.3, -0.25) is 4.79 Å². The first-order valence-corrected chi connectivity index (χ1v) is 11.3. The Kier molecular flexibility index (Phi) is 5.75. The van der Waals surface area contributed by atoms with Crippen LogP contribution in [0.4, 0.5) is 15.9 Å². The lowest BCUT2D eigenvalue weighted by atomic mass is 10.1. The van der Waals surface area contributed by atoms with Gasteiger partial charge in [-0.05, 0) is 37.1 Å². The molecule has 5 rings (SSSR count). The molecule has 3 heterocycles. The third kappa shape index (κ3) is 4.05.